The number of amides is 1. The Morgan fingerprint density at radius 2 is 1.14 bits per heavy atom. The first-order valence-corrected chi connectivity index (χ1v) is 17.5. The third-order valence-corrected chi connectivity index (χ3v) is 7.82. The smallest absolute Gasteiger partial charge is 0.220 e. The predicted octanol–water partition coefficient (Wildman–Crippen LogP) is 9.03. The Hall–Kier alpha value is -3.15. The molecule has 0 aliphatic rings. The van der Waals surface area contributed by atoms with Crippen LogP contribution in [0.25, 0.3) is 0 Å². The van der Waals surface area contributed by atoms with E-state index in [1.54, 1.807) is 0 Å². The number of hydrogen-bond acceptors (Lipinski definition) is 4. The maximum Gasteiger partial charge on any atom is 0.220 e. The second-order valence-electron chi connectivity index (χ2n) is 11.9. The average Bonchev–Trinajstić information content (AvgIpc) is 3.04. The van der Waals surface area contributed by atoms with Gasteiger partial charge in [0.1, 0.15) is 0 Å². The summed E-state index contributed by atoms with van der Waals surface area (Å²) in [5.74, 6) is 12.6. The van der Waals surface area contributed by atoms with Gasteiger partial charge in [0, 0.05) is 57.8 Å². The third-order valence-electron chi connectivity index (χ3n) is 7.82. The molecule has 0 unspecified atom stereocenters. The minimum absolute atomic E-state index is 0.144. The van der Waals surface area contributed by atoms with Crippen LogP contribution in [-0.2, 0) is 17.9 Å². The molecule has 0 aromatic carbocycles. The maximum absolute atomic E-state index is 12.4. The Labute approximate surface area is 269 Å². The van der Waals surface area contributed by atoms with Gasteiger partial charge in [-0.15, -0.1) is 0 Å². The van der Waals surface area contributed by atoms with Gasteiger partial charge in [-0.2, -0.15) is 0 Å². The van der Waals surface area contributed by atoms with Crippen LogP contribution < -0.4 is 5.32 Å². The molecular formula is C39H58N4O. The number of nitrogens with zero attached hydrogens (tertiary/aromatic N) is 3. The Kier molecular flexibility index (Phi) is 23.1. The summed E-state index contributed by atoms with van der Waals surface area (Å²) in [6.07, 6.45) is 26.6. The highest BCUT2D eigenvalue weighted by Gasteiger charge is 2.10. The highest BCUT2D eigenvalue weighted by Crippen LogP contribution is 2.11. The first-order chi connectivity index (χ1) is 21.8. The quantitative estimate of drug-likeness (QED) is 0.0915. The Morgan fingerprint density at radius 3 is 1.61 bits per heavy atom. The first kappa shape index (κ1) is 37.0. The molecule has 0 spiro atoms. The number of carbonyl (C=O) groups excluding carboxylic acids is 1. The molecule has 0 aliphatic heterocycles. The van der Waals surface area contributed by atoms with Crippen LogP contribution in [0.2, 0.25) is 0 Å². The van der Waals surface area contributed by atoms with E-state index in [1.165, 1.54) is 83.5 Å². The van der Waals surface area contributed by atoms with Gasteiger partial charge in [-0.1, -0.05) is 114 Å². The van der Waals surface area contributed by atoms with Crippen LogP contribution in [0.15, 0.2) is 48.8 Å². The molecule has 2 rings (SSSR count). The van der Waals surface area contributed by atoms with Gasteiger partial charge in [-0.3, -0.25) is 19.7 Å². The molecule has 2 aromatic heterocycles. The molecule has 44 heavy (non-hydrogen) atoms. The van der Waals surface area contributed by atoms with Crippen LogP contribution in [0.5, 0.6) is 0 Å². The second kappa shape index (κ2) is 27.4. The van der Waals surface area contributed by atoms with Gasteiger partial charge in [-0.05, 0) is 55.4 Å². The second-order valence-corrected chi connectivity index (χ2v) is 11.9. The maximum atomic E-state index is 12.4. The molecule has 0 saturated carbocycles. The zero-order valence-corrected chi connectivity index (χ0v) is 27.6. The standard InChI is InChI=1S/C39H58N4O/c1-2-3-4-5-6-7-8-9-10-11-12-13-14-15-16-17-18-19-20-21-22-23-30-39(44)42-33-34-43(35-37-28-24-26-31-40-37)36-38-29-25-27-32-41-38/h24-29,31-32H,2-12,17-23,30,33-36H2,1H3,(H,42,44). The van der Waals surface area contributed by atoms with E-state index in [9.17, 15) is 4.79 Å². The molecule has 5 heteroatoms. The van der Waals surface area contributed by atoms with Crippen molar-refractivity contribution in [3.05, 3.63) is 60.2 Å². The average molecular weight is 599 g/mol. The lowest BCUT2D eigenvalue weighted by molar-refractivity contribution is -0.121. The normalized spacial score (nSPS) is 10.6. The summed E-state index contributed by atoms with van der Waals surface area (Å²) in [6.45, 7) is 5.12. The molecule has 2 aromatic rings. The van der Waals surface area contributed by atoms with Crippen molar-refractivity contribution in [3.8, 4) is 23.7 Å². The summed E-state index contributed by atoms with van der Waals surface area (Å²) in [4.78, 5) is 23.6. The topological polar surface area (TPSA) is 58.1 Å². The van der Waals surface area contributed by atoms with E-state index in [-0.39, 0.29) is 5.91 Å². The molecule has 240 valence electrons. The number of aromatic nitrogens is 2. The predicted molar refractivity (Wildman–Crippen MR) is 185 cm³/mol. The van der Waals surface area contributed by atoms with Crippen molar-refractivity contribution in [1.29, 1.82) is 0 Å². The molecule has 0 saturated heterocycles. The van der Waals surface area contributed by atoms with Gasteiger partial charge in [0.2, 0.25) is 5.91 Å². The molecule has 0 aliphatic carbocycles. The SMILES string of the molecule is CCCCCCCCCCCCC#CC#CCCCCCCCCC(=O)NCCN(Cc1ccccn1)Cc1ccccn1. The van der Waals surface area contributed by atoms with E-state index in [2.05, 4.69) is 50.8 Å². The number of hydrogen-bond donors (Lipinski definition) is 1. The van der Waals surface area contributed by atoms with Gasteiger partial charge >= 0.3 is 0 Å². The zero-order valence-electron chi connectivity index (χ0n) is 27.6. The van der Waals surface area contributed by atoms with Crippen LogP contribution in [0.4, 0.5) is 0 Å². The highest BCUT2D eigenvalue weighted by atomic mass is 16.1. The van der Waals surface area contributed by atoms with Crippen molar-refractivity contribution >= 4 is 5.91 Å². The summed E-state index contributed by atoms with van der Waals surface area (Å²) < 4.78 is 0. The fraction of sp³-hybridized carbons (Fsp3) is 0.615. The minimum atomic E-state index is 0.144. The van der Waals surface area contributed by atoms with Crippen LogP contribution in [0.1, 0.15) is 140 Å². The summed E-state index contributed by atoms with van der Waals surface area (Å²) >= 11 is 0. The van der Waals surface area contributed by atoms with E-state index in [0.29, 0.717) is 13.0 Å². The van der Waals surface area contributed by atoms with E-state index in [4.69, 9.17) is 0 Å². The summed E-state index contributed by atoms with van der Waals surface area (Å²) in [6, 6.07) is 11.9. The molecule has 1 amide bonds. The van der Waals surface area contributed by atoms with Gasteiger partial charge in [-0.25, -0.2) is 0 Å². The highest BCUT2D eigenvalue weighted by molar-refractivity contribution is 5.75. The minimum Gasteiger partial charge on any atom is -0.355 e. The number of carbonyl (C=O) groups is 1. The van der Waals surface area contributed by atoms with E-state index in [1.807, 2.05) is 48.8 Å². The molecular weight excluding hydrogens is 540 g/mol. The lowest BCUT2D eigenvalue weighted by atomic mass is 10.1. The van der Waals surface area contributed by atoms with Gasteiger partial charge < -0.3 is 5.32 Å². The van der Waals surface area contributed by atoms with Gasteiger partial charge in [0.05, 0.1) is 11.4 Å². The van der Waals surface area contributed by atoms with Crippen molar-refractivity contribution in [2.24, 2.45) is 0 Å². The molecule has 0 radical (unpaired) electrons. The van der Waals surface area contributed by atoms with E-state index >= 15 is 0 Å². The first-order valence-electron chi connectivity index (χ1n) is 17.5. The van der Waals surface area contributed by atoms with Crippen LogP contribution in [0, 0.1) is 23.7 Å². The number of pyridine rings is 2. The molecule has 2 heterocycles. The molecule has 5 nitrogen and oxygen atoms in total. The zero-order chi connectivity index (χ0) is 31.2. The Morgan fingerprint density at radius 1 is 0.659 bits per heavy atom. The fourth-order valence-electron chi connectivity index (χ4n) is 5.22. The third kappa shape index (κ3) is 21.5. The number of nitrogens with one attached hydrogen (secondary N) is 1. The lowest BCUT2D eigenvalue weighted by Gasteiger charge is -2.22. The van der Waals surface area contributed by atoms with Crippen molar-refractivity contribution in [1.82, 2.24) is 20.2 Å². The van der Waals surface area contributed by atoms with E-state index in [0.717, 1.165) is 63.1 Å². The van der Waals surface area contributed by atoms with Crippen molar-refractivity contribution in [3.63, 3.8) is 0 Å². The van der Waals surface area contributed by atoms with Gasteiger partial charge in [0.15, 0.2) is 0 Å². The monoisotopic (exact) mass is 598 g/mol. The number of rotatable bonds is 25. The summed E-state index contributed by atoms with van der Waals surface area (Å²) in [5.41, 5.74) is 2.04. The van der Waals surface area contributed by atoms with Crippen molar-refractivity contribution in [2.75, 3.05) is 13.1 Å². The lowest BCUT2D eigenvalue weighted by Crippen LogP contribution is -2.34. The molecule has 0 fully saturated rings. The Bertz CT molecular complexity index is 1040. The van der Waals surface area contributed by atoms with Gasteiger partial charge in [0.25, 0.3) is 0 Å². The Balaban J connectivity index is 1.41. The van der Waals surface area contributed by atoms with E-state index < -0.39 is 0 Å². The molecule has 1 N–H and O–H groups in total. The largest absolute Gasteiger partial charge is 0.355 e. The van der Waals surface area contributed by atoms with Crippen LogP contribution in [-0.4, -0.2) is 33.9 Å². The molecule has 0 atom stereocenters. The summed E-state index contributed by atoms with van der Waals surface area (Å²) in [7, 11) is 0. The molecule has 0 bridgehead atoms. The summed E-state index contributed by atoms with van der Waals surface area (Å²) in [5, 5.41) is 3.10. The van der Waals surface area contributed by atoms with Crippen LogP contribution in [0.3, 0.4) is 0 Å². The van der Waals surface area contributed by atoms with Crippen LogP contribution >= 0.6 is 0 Å². The fourth-order valence-corrected chi connectivity index (χ4v) is 5.22. The van der Waals surface area contributed by atoms with Crippen molar-refractivity contribution < 1.29 is 4.79 Å². The number of unbranched alkanes of at least 4 members (excludes halogenated alkanes) is 16. The van der Waals surface area contributed by atoms with Crippen molar-refractivity contribution in [2.45, 2.75) is 142 Å².